The van der Waals surface area contributed by atoms with Crippen molar-refractivity contribution in [2.75, 3.05) is 0 Å². The first-order valence-corrected chi connectivity index (χ1v) is 8.58. The lowest BCUT2D eigenvalue weighted by Gasteiger charge is -2.19. The van der Waals surface area contributed by atoms with Crippen molar-refractivity contribution in [1.29, 1.82) is 0 Å². The number of nitrogens with one attached hydrogen (secondary N) is 2. The minimum atomic E-state index is -0.400. The third-order valence-electron chi connectivity index (χ3n) is 4.80. The standard InChI is InChI=1S/C20H20FN3O/c1-12-3-2-8-22-19(12)20(13-4-5-13)23-11-15-10-18(25)16-9-14(21)6-7-17(16)24-15/h2-3,6-10,13,20,23H,4-5,11H2,1H3,(H,24,25). The van der Waals surface area contributed by atoms with Crippen LogP contribution in [0.15, 0.2) is 47.4 Å². The molecule has 0 amide bonds. The molecule has 1 aliphatic carbocycles. The van der Waals surface area contributed by atoms with Gasteiger partial charge in [0.1, 0.15) is 5.82 Å². The average molecular weight is 337 g/mol. The summed E-state index contributed by atoms with van der Waals surface area (Å²) in [6.07, 6.45) is 4.22. The molecule has 1 aliphatic rings. The molecule has 0 bridgehead atoms. The molecule has 2 aromatic heterocycles. The maximum absolute atomic E-state index is 13.3. The van der Waals surface area contributed by atoms with E-state index in [2.05, 4.69) is 28.3 Å². The Morgan fingerprint density at radius 3 is 2.92 bits per heavy atom. The molecule has 1 saturated carbocycles. The second-order valence-electron chi connectivity index (χ2n) is 6.75. The molecule has 0 radical (unpaired) electrons. The molecule has 2 N–H and O–H groups in total. The highest BCUT2D eigenvalue weighted by molar-refractivity contribution is 5.78. The summed E-state index contributed by atoms with van der Waals surface area (Å²) in [6, 6.07) is 10.00. The molecule has 3 aromatic rings. The van der Waals surface area contributed by atoms with E-state index in [4.69, 9.17) is 0 Å². The number of halogens is 1. The van der Waals surface area contributed by atoms with Crippen LogP contribution in [0.4, 0.5) is 4.39 Å². The average Bonchev–Trinajstić information content (AvgIpc) is 3.42. The molecule has 4 nitrogen and oxygen atoms in total. The van der Waals surface area contributed by atoms with E-state index in [0.717, 1.165) is 11.4 Å². The summed E-state index contributed by atoms with van der Waals surface area (Å²) in [5, 5.41) is 3.93. The molecule has 1 aromatic carbocycles. The molecule has 0 aliphatic heterocycles. The van der Waals surface area contributed by atoms with Crippen LogP contribution in [0.25, 0.3) is 10.9 Å². The topological polar surface area (TPSA) is 57.8 Å². The smallest absolute Gasteiger partial charge is 0.189 e. The Morgan fingerprint density at radius 1 is 1.32 bits per heavy atom. The Kier molecular flexibility index (Phi) is 4.09. The fourth-order valence-electron chi connectivity index (χ4n) is 3.33. The summed E-state index contributed by atoms with van der Waals surface area (Å²) < 4.78 is 13.3. The van der Waals surface area contributed by atoms with Gasteiger partial charge in [-0.05, 0) is 55.5 Å². The number of H-pyrrole nitrogens is 1. The zero-order valence-corrected chi connectivity index (χ0v) is 14.1. The van der Waals surface area contributed by atoms with E-state index in [1.807, 2.05) is 12.3 Å². The second kappa shape index (κ2) is 6.41. The van der Waals surface area contributed by atoms with Crippen molar-refractivity contribution in [2.24, 2.45) is 5.92 Å². The van der Waals surface area contributed by atoms with E-state index in [1.54, 1.807) is 12.1 Å². The first kappa shape index (κ1) is 16.0. The summed E-state index contributed by atoms with van der Waals surface area (Å²) in [4.78, 5) is 20.0. The first-order valence-electron chi connectivity index (χ1n) is 8.58. The number of hydrogen-bond acceptors (Lipinski definition) is 3. The highest BCUT2D eigenvalue weighted by Gasteiger charge is 2.33. The minimum absolute atomic E-state index is 0.165. The lowest BCUT2D eigenvalue weighted by atomic mass is 10.0. The first-order chi connectivity index (χ1) is 12.1. The number of aromatic nitrogens is 2. The number of aryl methyl sites for hydroxylation is 1. The highest BCUT2D eigenvalue weighted by atomic mass is 19.1. The zero-order valence-electron chi connectivity index (χ0n) is 14.1. The number of nitrogens with zero attached hydrogens (tertiary/aromatic N) is 1. The van der Waals surface area contributed by atoms with Gasteiger partial charge in [0.2, 0.25) is 0 Å². The number of benzene rings is 1. The summed E-state index contributed by atoms with van der Waals surface area (Å²) in [6.45, 7) is 2.62. The molecule has 1 atom stereocenters. The fraction of sp³-hybridized carbons (Fsp3) is 0.300. The van der Waals surface area contributed by atoms with E-state index in [0.29, 0.717) is 23.4 Å². The Labute approximate surface area is 145 Å². The largest absolute Gasteiger partial charge is 0.357 e. The third kappa shape index (κ3) is 3.33. The predicted molar refractivity (Wildman–Crippen MR) is 95.8 cm³/mol. The molecule has 0 saturated heterocycles. The molecular formula is C20H20FN3O. The van der Waals surface area contributed by atoms with Crippen LogP contribution in [-0.4, -0.2) is 9.97 Å². The van der Waals surface area contributed by atoms with Gasteiger partial charge in [-0.25, -0.2) is 4.39 Å². The van der Waals surface area contributed by atoms with E-state index in [-0.39, 0.29) is 11.5 Å². The Bertz CT molecular complexity index is 978. The van der Waals surface area contributed by atoms with Crippen LogP contribution >= 0.6 is 0 Å². The summed E-state index contributed by atoms with van der Waals surface area (Å²) in [5.41, 5.74) is 3.54. The van der Waals surface area contributed by atoms with Crippen LogP contribution in [0.3, 0.4) is 0 Å². The van der Waals surface area contributed by atoms with E-state index >= 15 is 0 Å². The molecule has 5 heteroatoms. The zero-order chi connectivity index (χ0) is 17.4. The number of hydrogen-bond donors (Lipinski definition) is 2. The summed E-state index contributed by atoms with van der Waals surface area (Å²) >= 11 is 0. The fourth-order valence-corrected chi connectivity index (χ4v) is 3.33. The van der Waals surface area contributed by atoms with E-state index < -0.39 is 5.82 Å². The van der Waals surface area contributed by atoms with Crippen LogP contribution < -0.4 is 10.7 Å². The predicted octanol–water partition coefficient (Wildman–Crippen LogP) is 3.61. The lowest BCUT2D eigenvalue weighted by molar-refractivity contribution is 0.464. The molecule has 1 unspecified atom stereocenters. The SMILES string of the molecule is Cc1cccnc1C(NCc1cc(=O)c2cc(F)ccc2[nH]1)C1CC1. The monoisotopic (exact) mass is 337 g/mol. The van der Waals surface area contributed by atoms with Gasteiger partial charge in [0.25, 0.3) is 0 Å². The maximum atomic E-state index is 13.3. The maximum Gasteiger partial charge on any atom is 0.189 e. The van der Waals surface area contributed by atoms with Crippen LogP contribution in [0.5, 0.6) is 0 Å². The number of rotatable bonds is 5. The Morgan fingerprint density at radius 2 is 2.16 bits per heavy atom. The van der Waals surface area contributed by atoms with Crippen LogP contribution in [0.2, 0.25) is 0 Å². The van der Waals surface area contributed by atoms with Gasteiger partial charge in [0.05, 0.1) is 11.7 Å². The van der Waals surface area contributed by atoms with Crippen molar-refractivity contribution >= 4 is 10.9 Å². The van der Waals surface area contributed by atoms with E-state index in [9.17, 15) is 9.18 Å². The number of aromatic amines is 1. The lowest BCUT2D eigenvalue weighted by Crippen LogP contribution is -2.25. The van der Waals surface area contributed by atoms with Crippen LogP contribution in [0, 0.1) is 18.7 Å². The van der Waals surface area contributed by atoms with Gasteiger partial charge >= 0.3 is 0 Å². The summed E-state index contributed by atoms with van der Waals surface area (Å²) in [5.74, 6) is 0.193. The second-order valence-corrected chi connectivity index (χ2v) is 6.75. The molecule has 128 valence electrons. The third-order valence-corrected chi connectivity index (χ3v) is 4.80. The van der Waals surface area contributed by atoms with E-state index in [1.165, 1.54) is 30.5 Å². The van der Waals surface area contributed by atoms with Gasteiger partial charge in [-0.15, -0.1) is 0 Å². The highest BCUT2D eigenvalue weighted by Crippen LogP contribution is 2.41. The Balaban J connectivity index is 1.59. The molecule has 0 spiro atoms. The number of pyridine rings is 2. The van der Waals surface area contributed by atoms with Crippen molar-refractivity contribution in [3.05, 3.63) is 75.6 Å². The Hall–Kier alpha value is -2.53. The quantitative estimate of drug-likeness (QED) is 0.748. The van der Waals surface area contributed by atoms with Gasteiger partial charge in [0, 0.05) is 35.4 Å². The molecule has 25 heavy (non-hydrogen) atoms. The molecular weight excluding hydrogens is 317 g/mol. The molecule has 1 fully saturated rings. The van der Waals surface area contributed by atoms with Crippen molar-refractivity contribution in [2.45, 2.75) is 32.4 Å². The molecule has 4 rings (SSSR count). The van der Waals surface area contributed by atoms with Crippen molar-refractivity contribution in [1.82, 2.24) is 15.3 Å². The van der Waals surface area contributed by atoms with Crippen LogP contribution in [0.1, 0.15) is 35.8 Å². The van der Waals surface area contributed by atoms with Crippen molar-refractivity contribution in [3.63, 3.8) is 0 Å². The van der Waals surface area contributed by atoms with Gasteiger partial charge in [-0.2, -0.15) is 0 Å². The molecule has 2 heterocycles. The van der Waals surface area contributed by atoms with Crippen molar-refractivity contribution in [3.8, 4) is 0 Å². The van der Waals surface area contributed by atoms with Gasteiger partial charge in [-0.1, -0.05) is 6.07 Å². The van der Waals surface area contributed by atoms with Crippen LogP contribution in [-0.2, 0) is 6.54 Å². The van der Waals surface area contributed by atoms with Gasteiger partial charge in [0.15, 0.2) is 5.43 Å². The van der Waals surface area contributed by atoms with Gasteiger partial charge < -0.3 is 10.3 Å². The normalized spacial score (nSPS) is 15.4. The minimum Gasteiger partial charge on any atom is -0.357 e. The number of fused-ring (bicyclic) bond motifs is 1. The van der Waals surface area contributed by atoms with Crippen molar-refractivity contribution < 1.29 is 4.39 Å². The van der Waals surface area contributed by atoms with Gasteiger partial charge in [-0.3, -0.25) is 9.78 Å². The summed E-state index contributed by atoms with van der Waals surface area (Å²) in [7, 11) is 0.